The third kappa shape index (κ3) is 105. The number of carboxylic acid groups (broad SMARTS) is 1. The van der Waals surface area contributed by atoms with Crippen LogP contribution in [0.1, 0.15) is 2.85 Å². The van der Waals surface area contributed by atoms with Crippen molar-refractivity contribution in [3.05, 3.63) is 0 Å². The molecular formula is CH6Na2O7Si. The van der Waals surface area contributed by atoms with Gasteiger partial charge in [0.05, 0.1) is 0 Å². The molecule has 0 aromatic rings. The quantitative estimate of drug-likeness (QED) is 0.175. The van der Waals surface area contributed by atoms with Crippen LogP contribution in [-0.2, 0) is 9.35 Å². The molecule has 0 rings (SSSR count). The zero-order valence-electron chi connectivity index (χ0n) is 8.01. The van der Waals surface area contributed by atoms with Gasteiger partial charge in [-0.1, -0.05) is 0 Å². The first-order chi connectivity index (χ1) is 4.00. The van der Waals surface area contributed by atoms with Crippen LogP contribution in [0.5, 0.6) is 0 Å². The van der Waals surface area contributed by atoms with Gasteiger partial charge >= 0.3 is 74.4 Å². The summed E-state index contributed by atoms with van der Waals surface area (Å²) in [5.74, 6) is 0. The fourth-order valence-electron chi connectivity index (χ4n) is 0. The zero-order valence-corrected chi connectivity index (χ0v) is 11.0. The normalized spacial score (nSPS) is 5.18. The molecule has 0 aliphatic rings. The topological polar surface area (TPSA) is 124 Å². The standard InChI is InChI=1S/CH2O4.2Na.H2O3Si.2H/c2-1(3)5-4;;;1-4(2)3;;/h4H,(H,2,3);;;1-2H;;/q;2*+1;;2*-1. The molecule has 0 radical (unpaired) electrons. The number of rotatable bonds is 0. The predicted molar refractivity (Wildman–Crippen MR) is 24.8 cm³/mol. The summed E-state index contributed by atoms with van der Waals surface area (Å²) in [5, 5.41) is 14.3. The van der Waals surface area contributed by atoms with E-state index in [1.807, 2.05) is 0 Å². The van der Waals surface area contributed by atoms with E-state index in [1.54, 1.807) is 0 Å². The Balaban J connectivity index is -0.0000000146. The average Bonchev–Trinajstić information content (AvgIpc) is 1.65. The Morgan fingerprint density at radius 1 is 1.36 bits per heavy atom. The summed E-state index contributed by atoms with van der Waals surface area (Å²) in [6, 6.07) is 0. The van der Waals surface area contributed by atoms with E-state index in [2.05, 4.69) is 4.89 Å². The summed E-state index contributed by atoms with van der Waals surface area (Å²) in [5.41, 5.74) is 0. The minimum Gasteiger partial charge on any atom is -1.00 e. The molecule has 7 nitrogen and oxygen atoms in total. The second-order valence-corrected chi connectivity index (χ2v) is 1.20. The molecule has 0 atom stereocenters. The van der Waals surface area contributed by atoms with Gasteiger partial charge in [-0.15, -0.1) is 0 Å². The van der Waals surface area contributed by atoms with Crippen molar-refractivity contribution in [3.8, 4) is 0 Å². The second kappa shape index (κ2) is 17.1. The van der Waals surface area contributed by atoms with Crippen molar-refractivity contribution in [3.63, 3.8) is 0 Å². The first kappa shape index (κ1) is 22.6. The molecule has 0 aromatic carbocycles. The van der Waals surface area contributed by atoms with Crippen LogP contribution in [0.2, 0.25) is 0 Å². The van der Waals surface area contributed by atoms with E-state index in [9.17, 15) is 0 Å². The van der Waals surface area contributed by atoms with Crippen LogP contribution < -0.4 is 59.1 Å². The third-order valence-electron chi connectivity index (χ3n) is 0.0781. The van der Waals surface area contributed by atoms with Gasteiger partial charge in [0.1, 0.15) is 0 Å². The van der Waals surface area contributed by atoms with Crippen molar-refractivity contribution in [2.24, 2.45) is 0 Å². The Morgan fingerprint density at radius 3 is 1.45 bits per heavy atom. The molecule has 0 saturated heterocycles. The van der Waals surface area contributed by atoms with Gasteiger partial charge in [-0.2, -0.15) is 5.26 Å². The molecule has 0 spiro atoms. The Labute approximate surface area is 110 Å². The van der Waals surface area contributed by atoms with Gasteiger partial charge < -0.3 is 17.6 Å². The average molecular weight is 204 g/mol. The summed E-state index contributed by atoms with van der Waals surface area (Å²) in [7, 11) is -3.13. The molecular weight excluding hydrogens is 198 g/mol. The van der Waals surface area contributed by atoms with Crippen molar-refractivity contribution in [1.82, 2.24) is 0 Å². The number of carbonyl (C=O) groups is 1. The van der Waals surface area contributed by atoms with Gasteiger partial charge in [-0.25, -0.2) is 4.79 Å². The summed E-state index contributed by atoms with van der Waals surface area (Å²) in [6.07, 6.45) is -1.69. The maximum absolute atomic E-state index is 8.90. The Morgan fingerprint density at radius 2 is 1.45 bits per heavy atom. The predicted octanol–water partition coefficient (Wildman–Crippen LogP) is -7.23. The molecule has 0 aliphatic carbocycles. The van der Waals surface area contributed by atoms with Gasteiger partial charge in [-0.3, -0.25) is 9.35 Å². The van der Waals surface area contributed by atoms with E-state index >= 15 is 0 Å². The maximum Gasteiger partial charge on any atom is 1.00 e. The monoisotopic (exact) mass is 204 g/mol. The number of hydrogen-bond donors (Lipinski definition) is 4. The van der Waals surface area contributed by atoms with Crippen LogP contribution in [0.4, 0.5) is 4.79 Å². The van der Waals surface area contributed by atoms with Gasteiger partial charge in [0.15, 0.2) is 0 Å². The molecule has 4 N–H and O–H groups in total. The zero-order chi connectivity index (χ0) is 7.86. The summed E-state index contributed by atoms with van der Waals surface area (Å²) in [4.78, 5) is 25.9. The molecule has 0 amide bonds. The largest absolute Gasteiger partial charge is 1.00 e. The van der Waals surface area contributed by atoms with Crippen LogP contribution in [0.25, 0.3) is 0 Å². The van der Waals surface area contributed by atoms with Crippen LogP contribution in [0, 0.1) is 0 Å². The van der Waals surface area contributed by atoms with E-state index in [0.717, 1.165) is 0 Å². The minimum atomic E-state index is -3.13. The Bertz CT molecular complexity index is 109. The maximum atomic E-state index is 8.90. The van der Waals surface area contributed by atoms with E-state index in [-0.39, 0.29) is 62.0 Å². The summed E-state index contributed by atoms with van der Waals surface area (Å²) >= 11 is 0. The van der Waals surface area contributed by atoms with Crippen molar-refractivity contribution in [2.45, 2.75) is 0 Å². The van der Waals surface area contributed by atoms with Gasteiger partial charge in [0.25, 0.3) is 0 Å². The van der Waals surface area contributed by atoms with Crippen molar-refractivity contribution in [2.75, 3.05) is 0 Å². The van der Waals surface area contributed by atoms with E-state index < -0.39 is 15.3 Å². The molecule has 0 saturated carbocycles. The Hall–Kier alpha value is 0.847. The number of hydrogen-bond acceptors (Lipinski definition) is 4. The van der Waals surface area contributed by atoms with Gasteiger partial charge in [0, 0.05) is 0 Å². The SMILES string of the molecule is O=C(O)OO.O=[Si](O)O.[H-].[H-].[Na+].[Na+]. The van der Waals surface area contributed by atoms with Crippen LogP contribution >= 0.6 is 0 Å². The molecule has 0 unspecified atom stereocenters. The first-order valence-corrected chi connectivity index (χ1v) is 2.77. The molecule has 10 heteroatoms. The van der Waals surface area contributed by atoms with Crippen LogP contribution in [0.15, 0.2) is 0 Å². The fraction of sp³-hybridized carbons (Fsp3) is 0. The minimum absolute atomic E-state index is 0. The fourth-order valence-corrected chi connectivity index (χ4v) is 0. The smallest absolute Gasteiger partial charge is 1.00 e. The summed E-state index contributed by atoms with van der Waals surface area (Å²) < 4.78 is 8.74. The molecule has 0 aliphatic heterocycles. The second-order valence-electron chi connectivity index (χ2n) is 0.640. The van der Waals surface area contributed by atoms with Gasteiger partial charge in [-0.05, 0) is 0 Å². The molecule has 0 heterocycles. The molecule has 0 bridgehead atoms. The summed E-state index contributed by atoms with van der Waals surface area (Å²) in [6.45, 7) is 0. The van der Waals surface area contributed by atoms with Crippen LogP contribution in [-0.4, -0.2) is 35.3 Å². The molecule has 0 aromatic heterocycles. The molecule has 58 valence electrons. The van der Waals surface area contributed by atoms with Crippen molar-refractivity contribution < 1.29 is 96.1 Å². The van der Waals surface area contributed by atoms with Crippen LogP contribution in [0.3, 0.4) is 0 Å². The van der Waals surface area contributed by atoms with Crippen molar-refractivity contribution in [1.29, 1.82) is 0 Å². The van der Waals surface area contributed by atoms with Crippen molar-refractivity contribution >= 4 is 15.3 Å². The Kier molecular flexibility index (Phi) is 35.2. The van der Waals surface area contributed by atoms with E-state index in [1.165, 1.54) is 0 Å². The third-order valence-corrected chi connectivity index (χ3v) is 0.0781. The first-order valence-electron chi connectivity index (χ1n) is 1.47. The van der Waals surface area contributed by atoms with E-state index in [4.69, 9.17) is 29.2 Å². The molecule has 11 heavy (non-hydrogen) atoms. The molecule has 0 fully saturated rings. The van der Waals surface area contributed by atoms with E-state index in [0.29, 0.717) is 0 Å². The van der Waals surface area contributed by atoms with Gasteiger partial charge in [0.2, 0.25) is 0 Å².